The molecule has 0 amide bonds. The van der Waals surface area contributed by atoms with Gasteiger partial charge in [-0.05, 0) is 37.1 Å². The van der Waals surface area contributed by atoms with Gasteiger partial charge in [-0.3, -0.25) is 4.98 Å². The van der Waals surface area contributed by atoms with E-state index in [9.17, 15) is 0 Å². The summed E-state index contributed by atoms with van der Waals surface area (Å²) in [5, 5.41) is 9.05. The van der Waals surface area contributed by atoms with Crippen LogP contribution in [0.4, 0.5) is 5.82 Å². The van der Waals surface area contributed by atoms with Crippen LogP contribution in [0, 0.1) is 25.2 Å². The van der Waals surface area contributed by atoms with Crippen LogP contribution < -0.4 is 5.73 Å². The minimum absolute atomic E-state index is 0.541. The Morgan fingerprint density at radius 2 is 2.00 bits per heavy atom. The van der Waals surface area contributed by atoms with Gasteiger partial charge in [0.25, 0.3) is 0 Å². The molecule has 0 radical (unpaired) electrons. The second-order valence-electron chi connectivity index (χ2n) is 4.02. The second kappa shape index (κ2) is 4.30. The normalized spacial score (nSPS) is 10.2. The summed E-state index contributed by atoms with van der Waals surface area (Å²) < 4.78 is 1.96. The predicted octanol–water partition coefficient (Wildman–Crippen LogP) is 2.00. The van der Waals surface area contributed by atoms with Crippen LogP contribution in [-0.2, 0) is 6.54 Å². The van der Waals surface area contributed by atoms with E-state index in [0.717, 1.165) is 16.8 Å². The molecular weight excluding hydrogens is 212 g/mol. The molecule has 0 aliphatic rings. The third kappa shape index (κ3) is 1.87. The van der Waals surface area contributed by atoms with Gasteiger partial charge in [0.2, 0.25) is 0 Å². The van der Waals surface area contributed by atoms with Gasteiger partial charge in [-0.25, -0.2) is 0 Å². The van der Waals surface area contributed by atoms with Gasteiger partial charge < -0.3 is 10.3 Å². The minimum Gasteiger partial charge on any atom is -0.384 e. The maximum absolute atomic E-state index is 9.05. The highest BCUT2D eigenvalue weighted by atomic mass is 15.1. The third-order valence-electron chi connectivity index (χ3n) is 3.07. The Morgan fingerprint density at radius 1 is 1.35 bits per heavy atom. The van der Waals surface area contributed by atoms with Gasteiger partial charge in [0.15, 0.2) is 0 Å². The quantitative estimate of drug-likeness (QED) is 0.851. The van der Waals surface area contributed by atoms with E-state index in [0.29, 0.717) is 17.9 Å². The molecule has 0 fully saturated rings. The van der Waals surface area contributed by atoms with Crippen LogP contribution in [0.5, 0.6) is 0 Å². The summed E-state index contributed by atoms with van der Waals surface area (Å²) in [6.45, 7) is 4.57. The molecule has 4 heteroatoms. The van der Waals surface area contributed by atoms with Crippen molar-refractivity contribution in [1.82, 2.24) is 9.55 Å². The summed E-state index contributed by atoms with van der Waals surface area (Å²) in [5.74, 6) is 0.541. The molecule has 0 aliphatic carbocycles. The highest BCUT2D eigenvalue weighted by Crippen LogP contribution is 2.24. The molecule has 86 valence electrons. The van der Waals surface area contributed by atoms with E-state index in [1.165, 1.54) is 0 Å². The van der Waals surface area contributed by atoms with Crippen LogP contribution >= 0.6 is 0 Å². The maximum atomic E-state index is 9.05. The summed E-state index contributed by atoms with van der Waals surface area (Å²) >= 11 is 0. The zero-order valence-electron chi connectivity index (χ0n) is 9.94. The van der Waals surface area contributed by atoms with Gasteiger partial charge in [-0.1, -0.05) is 0 Å². The van der Waals surface area contributed by atoms with Gasteiger partial charge in [0.05, 0.1) is 5.56 Å². The molecule has 2 N–H and O–H groups in total. The lowest BCUT2D eigenvalue weighted by Gasteiger charge is -2.08. The number of nitrogens with zero attached hydrogens (tertiary/aromatic N) is 3. The van der Waals surface area contributed by atoms with Gasteiger partial charge >= 0.3 is 0 Å². The summed E-state index contributed by atoms with van der Waals surface area (Å²) in [7, 11) is 0. The van der Waals surface area contributed by atoms with Crippen molar-refractivity contribution in [2.24, 2.45) is 0 Å². The van der Waals surface area contributed by atoms with Crippen LogP contribution in [0.1, 0.15) is 22.4 Å². The van der Waals surface area contributed by atoms with Crippen molar-refractivity contribution in [3.05, 3.63) is 46.9 Å². The summed E-state index contributed by atoms with van der Waals surface area (Å²) in [6, 6.07) is 6.04. The van der Waals surface area contributed by atoms with Crippen LogP contribution in [0.2, 0.25) is 0 Å². The number of nitrogen functional groups attached to an aromatic ring is 1. The number of aromatic nitrogens is 2. The Labute approximate surface area is 100 Å². The molecule has 0 aliphatic heterocycles. The third-order valence-corrected chi connectivity index (χ3v) is 3.07. The fourth-order valence-corrected chi connectivity index (χ4v) is 1.91. The number of hydrogen-bond donors (Lipinski definition) is 1. The summed E-state index contributed by atoms with van der Waals surface area (Å²) in [6.07, 6.45) is 3.50. The summed E-state index contributed by atoms with van der Waals surface area (Å²) in [4.78, 5) is 3.98. The number of rotatable bonds is 2. The lowest BCUT2D eigenvalue weighted by Crippen LogP contribution is -2.06. The fourth-order valence-electron chi connectivity index (χ4n) is 1.91. The molecule has 0 spiro atoms. The highest BCUT2D eigenvalue weighted by Gasteiger charge is 2.14. The first-order valence-corrected chi connectivity index (χ1v) is 5.39. The van der Waals surface area contributed by atoms with E-state index in [-0.39, 0.29) is 0 Å². The van der Waals surface area contributed by atoms with Crippen molar-refractivity contribution in [3.8, 4) is 6.07 Å². The van der Waals surface area contributed by atoms with E-state index in [4.69, 9.17) is 11.0 Å². The van der Waals surface area contributed by atoms with E-state index in [1.807, 2.05) is 30.5 Å². The van der Waals surface area contributed by atoms with Crippen molar-refractivity contribution in [2.75, 3.05) is 5.73 Å². The molecule has 0 saturated carbocycles. The largest absolute Gasteiger partial charge is 0.384 e. The van der Waals surface area contributed by atoms with Crippen LogP contribution in [-0.4, -0.2) is 9.55 Å². The highest BCUT2D eigenvalue weighted by molar-refractivity contribution is 5.58. The molecule has 0 saturated heterocycles. The molecule has 4 nitrogen and oxygen atoms in total. The summed E-state index contributed by atoms with van der Waals surface area (Å²) in [5.41, 5.74) is 9.68. The molecule has 17 heavy (non-hydrogen) atoms. The molecule has 2 heterocycles. The first kappa shape index (κ1) is 11.2. The Hall–Kier alpha value is -2.28. The molecule has 2 aromatic rings. The fraction of sp³-hybridized carbons (Fsp3) is 0.231. The lowest BCUT2D eigenvalue weighted by molar-refractivity contribution is 0.782. The van der Waals surface area contributed by atoms with Crippen molar-refractivity contribution in [2.45, 2.75) is 20.4 Å². The average Bonchev–Trinajstić information content (AvgIpc) is 2.55. The van der Waals surface area contributed by atoms with Gasteiger partial charge in [0.1, 0.15) is 11.9 Å². The first-order chi connectivity index (χ1) is 8.15. The van der Waals surface area contributed by atoms with Crippen molar-refractivity contribution in [1.29, 1.82) is 5.26 Å². The lowest BCUT2D eigenvalue weighted by atomic mass is 10.2. The standard InChI is InChI=1S/C13H14N4/c1-9-10(2)17(13(15)12(9)7-14)8-11-3-5-16-6-4-11/h3-6H,8,15H2,1-2H3. The Bertz CT molecular complexity index is 576. The Morgan fingerprint density at radius 3 is 2.53 bits per heavy atom. The number of nitrogens with two attached hydrogens (primary N) is 1. The number of nitriles is 1. The number of anilines is 1. The van der Waals surface area contributed by atoms with E-state index < -0.39 is 0 Å². The first-order valence-electron chi connectivity index (χ1n) is 5.39. The maximum Gasteiger partial charge on any atom is 0.122 e. The monoisotopic (exact) mass is 226 g/mol. The van der Waals surface area contributed by atoms with Crippen molar-refractivity contribution < 1.29 is 0 Å². The second-order valence-corrected chi connectivity index (χ2v) is 4.02. The molecule has 2 rings (SSSR count). The van der Waals surface area contributed by atoms with Crippen LogP contribution in [0.25, 0.3) is 0 Å². The Balaban J connectivity index is 2.45. The van der Waals surface area contributed by atoms with Gasteiger partial charge in [-0.15, -0.1) is 0 Å². The van der Waals surface area contributed by atoms with Crippen LogP contribution in [0.15, 0.2) is 24.5 Å². The molecule has 0 unspecified atom stereocenters. The average molecular weight is 226 g/mol. The molecule has 0 aromatic carbocycles. The van der Waals surface area contributed by atoms with E-state index in [2.05, 4.69) is 11.1 Å². The SMILES string of the molecule is Cc1c(C#N)c(N)n(Cc2ccncc2)c1C. The number of hydrogen-bond acceptors (Lipinski definition) is 3. The Kier molecular flexibility index (Phi) is 2.84. The van der Waals surface area contributed by atoms with Crippen molar-refractivity contribution >= 4 is 5.82 Å². The molecule has 2 aromatic heterocycles. The topological polar surface area (TPSA) is 67.6 Å². The number of pyridine rings is 1. The molecule has 0 atom stereocenters. The van der Waals surface area contributed by atoms with Gasteiger partial charge in [0, 0.05) is 24.6 Å². The molecular formula is C13H14N4. The zero-order chi connectivity index (χ0) is 12.4. The van der Waals surface area contributed by atoms with E-state index >= 15 is 0 Å². The van der Waals surface area contributed by atoms with Crippen molar-refractivity contribution in [3.63, 3.8) is 0 Å². The van der Waals surface area contributed by atoms with E-state index in [1.54, 1.807) is 12.4 Å². The zero-order valence-corrected chi connectivity index (χ0v) is 9.94. The smallest absolute Gasteiger partial charge is 0.122 e. The minimum atomic E-state index is 0.541. The van der Waals surface area contributed by atoms with Crippen LogP contribution in [0.3, 0.4) is 0 Å². The van der Waals surface area contributed by atoms with Gasteiger partial charge in [-0.2, -0.15) is 5.26 Å². The molecule has 0 bridgehead atoms. The predicted molar refractivity (Wildman–Crippen MR) is 66.4 cm³/mol.